The third-order valence-corrected chi connectivity index (χ3v) is 5.51. The molecule has 0 saturated carbocycles. The summed E-state index contributed by atoms with van der Waals surface area (Å²) in [5, 5.41) is 35.9. The summed E-state index contributed by atoms with van der Waals surface area (Å²) in [6, 6.07) is 24.8. The van der Waals surface area contributed by atoms with E-state index >= 15 is 0 Å². The van der Waals surface area contributed by atoms with Gasteiger partial charge in [-0.2, -0.15) is 21.0 Å². The molecule has 0 amide bonds. The number of furan rings is 2. The zero-order valence-electron chi connectivity index (χ0n) is 18.6. The van der Waals surface area contributed by atoms with E-state index in [4.69, 9.17) is 29.9 Å². The molecule has 3 aromatic rings. The van der Waals surface area contributed by atoms with Gasteiger partial charge < -0.3 is 13.7 Å². The molecule has 0 N–H and O–H groups in total. The van der Waals surface area contributed by atoms with E-state index in [0.29, 0.717) is 23.7 Å². The number of hydrogen-bond acceptors (Lipinski definition) is 7. The fourth-order valence-corrected chi connectivity index (χ4v) is 3.89. The van der Waals surface area contributed by atoms with E-state index < -0.39 is 5.92 Å². The van der Waals surface area contributed by atoms with Gasteiger partial charge in [0.25, 0.3) is 0 Å². The topological polar surface area (TPSA) is 125 Å². The van der Waals surface area contributed by atoms with Crippen LogP contribution in [0.4, 0.5) is 5.69 Å². The Labute approximate surface area is 202 Å². The third kappa shape index (κ3) is 5.07. The molecule has 1 aliphatic heterocycles. The molecular weight excluding hydrogens is 438 g/mol. The summed E-state index contributed by atoms with van der Waals surface area (Å²) in [6.45, 7) is 0. The molecule has 0 radical (unpaired) electrons. The van der Waals surface area contributed by atoms with Gasteiger partial charge >= 0.3 is 0 Å². The maximum Gasteiger partial charge on any atom is 0.150 e. The van der Waals surface area contributed by atoms with E-state index in [1.807, 2.05) is 78.9 Å². The highest BCUT2D eigenvalue weighted by Crippen LogP contribution is 2.43. The first-order valence-electron chi connectivity index (χ1n) is 10.9. The van der Waals surface area contributed by atoms with Crippen LogP contribution >= 0.6 is 0 Å². The van der Waals surface area contributed by atoms with Gasteiger partial charge in [-0.3, -0.25) is 0 Å². The van der Waals surface area contributed by atoms with Crippen LogP contribution in [-0.2, 0) is 6.42 Å². The second kappa shape index (κ2) is 10.6. The van der Waals surface area contributed by atoms with Crippen LogP contribution in [0.25, 0.3) is 11.8 Å². The summed E-state index contributed by atoms with van der Waals surface area (Å²) in [7, 11) is 0. The predicted molar refractivity (Wildman–Crippen MR) is 128 cm³/mol. The standard InChI is InChI=1S/C28H19N5O2/c29-16-20(17-30)5-4-8-23-9-13-27(34-23)25-11-12-26(33(25)22-6-2-1-3-7-22)28-14-10-24(35-28)15-21(18-31)19-32/h1-11,13-14,21,26H,12,15H2/b8-4+. The van der Waals surface area contributed by atoms with Crippen molar-refractivity contribution in [3.63, 3.8) is 0 Å². The SMILES string of the molecule is N#CC(C#N)=C/C=C/c1ccc(C2=CCC(c3ccc(CC(C#N)C#N)o3)N2c2ccccc2)o1. The van der Waals surface area contributed by atoms with Crippen molar-refractivity contribution in [3.8, 4) is 24.3 Å². The summed E-state index contributed by atoms with van der Waals surface area (Å²) >= 11 is 0. The number of nitrogens with zero attached hydrogens (tertiary/aromatic N) is 5. The van der Waals surface area contributed by atoms with Crippen molar-refractivity contribution in [1.29, 1.82) is 21.0 Å². The van der Waals surface area contributed by atoms with Crippen molar-refractivity contribution in [2.45, 2.75) is 18.9 Å². The largest absolute Gasteiger partial charge is 0.464 e. The Morgan fingerprint density at radius 2 is 1.74 bits per heavy atom. The maximum absolute atomic E-state index is 9.09. The van der Waals surface area contributed by atoms with Crippen molar-refractivity contribution in [2.75, 3.05) is 4.90 Å². The summed E-state index contributed by atoms with van der Waals surface area (Å²) in [4.78, 5) is 2.14. The summed E-state index contributed by atoms with van der Waals surface area (Å²) in [5.74, 6) is 1.84. The predicted octanol–water partition coefficient (Wildman–Crippen LogP) is 6.06. The zero-order valence-corrected chi connectivity index (χ0v) is 18.6. The quantitative estimate of drug-likeness (QED) is 0.312. The zero-order chi connectivity index (χ0) is 24.6. The molecule has 3 heterocycles. The van der Waals surface area contributed by atoms with Gasteiger partial charge in [0, 0.05) is 12.1 Å². The second-order valence-corrected chi connectivity index (χ2v) is 7.73. The molecule has 4 rings (SSSR count). The van der Waals surface area contributed by atoms with Crippen LogP contribution < -0.4 is 4.90 Å². The Balaban J connectivity index is 1.61. The first-order chi connectivity index (χ1) is 17.2. The summed E-state index contributed by atoms with van der Waals surface area (Å²) < 4.78 is 12.1. The van der Waals surface area contributed by atoms with Crippen LogP contribution in [0.5, 0.6) is 0 Å². The normalized spacial score (nSPS) is 14.7. The van der Waals surface area contributed by atoms with Crippen molar-refractivity contribution in [2.24, 2.45) is 5.92 Å². The molecule has 7 nitrogen and oxygen atoms in total. The van der Waals surface area contributed by atoms with Crippen LogP contribution in [0.2, 0.25) is 0 Å². The van der Waals surface area contributed by atoms with Crippen LogP contribution in [0.3, 0.4) is 0 Å². The van der Waals surface area contributed by atoms with Crippen molar-refractivity contribution >= 4 is 17.5 Å². The van der Waals surface area contributed by atoms with Gasteiger partial charge in [-0.15, -0.1) is 0 Å². The highest BCUT2D eigenvalue weighted by molar-refractivity contribution is 5.81. The van der Waals surface area contributed by atoms with E-state index in [1.165, 1.54) is 6.08 Å². The molecule has 1 unspecified atom stereocenters. The number of para-hydroxylation sites is 1. The van der Waals surface area contributed by atoms with Crippen LogP contribution in [0.15, 0.2) is 87.2 Å². The smallest absolute Gasteiger partial charge is 0.150 e. The highest BCUT2D eigenvalue weighted by Gasteiger charge is 2.33. The Bertz CT molecular complexity index is 1430. The van der Waals surface area contributed by atoms with Gasteiger partial charge in [0.2, 0.25) is 0 Å². The first kappa shape index (κ1) is 22.9. The van der Waals surface area contributed by atoms with Crippen molar-refractivity contribution in [1.82, 2.24) is 0 Å². The van der Waals surface area contributed by atoms with Crippen LogP contribution in [0, 0.1) is 51.2 Å². The molecule has 2 aromatic heterocycles. The molecule has 0 aliphatic carbocycles. The Hall–Kier alpha value is -5.24. The fourth-order valence-electron chi connectivity index (χ4n) is 3.89. The van der Waals surface area contributed by atoms with Crippen molar-refractivity contribution < 1.29 is 8.83 Å². The molecule has 35 heavy (non-hydrogen) atoms. The van der Waals surface area contributed by atoms with Gasteiger partial charge in [-0.1, -0.05) is 30.4 Å². The Morgan fingerprint density at radius 3 is 2.46 bits per heavy atom. The minimum Gasteiger partial charge on any atom is -0.464 e. The molecular formula is C28H19N5O2. The maximum atomic E-state index is 9.09. The lowest BCUT2D eigenvalue weighted by Crippen LogP contribution is -2.22. The molecule has 0 bridgehead atoms. The monoisotopic (exact) mass is 457 g/mol. The molecule has 1 atom stereocenters. The van der Waals surface area contributed by atoms with Gasteiger partial charge in [0.1, 0.15) is 40.9 Å². The Morgan fingerprint density at radius 1 is 0.971 bits per heavy atom. The lowest BCUT2D eigenvalue weighted by molar-refractivity contribution is 0.429. The van der Waals surface area contributed by atoms with E-state index in [-0.39, 0.29) is 18.0 Å². The second-order valence-electron chi connectivity index (χ2n) is 7.73. The average molecular weight is 457 g/mol. The number of rotatable bonds is 7. The molecule has 0 saturated heterocycles. The lowest BCUT2D eigenvalue weighted by Gasteiger charge is -2.28. The summed E-state index contributed by atoms with van der Waals surface area (Å²) in [6.07, 6.45) is 7.74. The number of anilines is 1. The Kier molecular flexibility index (Phi) is 6.94. The first-order valence-corrected chi connectivity index (χ1v) is 10.9. The molecule has 0 spiro atoms. The number of nitriles is 4. The number of allylic oxidation sites excluding steroid dienone is 3. The highest BCUT2D eigenvalue weighted by atomic mass is 16.3. The molecule has 1 aliphatic rings. The number of benzene rings is 1. The van der Waals surface area contributed by atoms with E-state index in [0.717, 1.165) is 17.1 Å². The fraction of sp³-hybridized carbons (Fsp3) is 0.143. The molecule has 0 fully saturated rings. The van der Waals surface area contributed by atoms with Gasteiger partial charge in [0.15, 0.2) is 5.76 Å². The van der Waals surface area contributed by atoms with Gasteiger partial charge in [-0.25, -0.2) is 0 Å². The van der Waals surface area contributed by atoms with Gasteiger partial charge in [0.05, 0.1) is 23.9 Å². The van der Waals surface area contributed by atoms with E-state index in [1.54, 1.807) is 12.2 Å². The molecule has 168 valence electrons. The third-order valence-electron chi connectivity index (χ3n) is 5.51. The van der Waals surface area contributed by atoms with E-state index in [9.17, 15) is 0 Å². The average Bonchev–Trinajstić information content (AvgIpc) is 3.65. The summed E-state index contributed by atoms with van der Waals surface area (Å²) in [5.41, 5.74) is 1.87. The van der Waals surface area contributed by atoms with E-state index in [2.05, 4.69) is 11.0 Å². The minimum absolute atomic E-state index is 0.0123. The minimum atomic E-state index is -0.752. The number of hydrogen-bond donors (Lipinski definition) is 0. The van der Waals surface area contributed by atoms with Crippen molar-refractivity contribution in [3.05, 3.63) is 101 Å². The van der Waals surface area contributed by atoms with Crippen LogP contribution in [-0.4, -0.2) is 0 Å². The van der Waals surface area contributed by atoms with Crippen LogP contribution in [0.1, 0.15) is 35.5 Å². The lowest BCUT2D eigenvalue weighted by atomic mass is 10.1. The molecule has 1 aromatic carbocycles. The van der Waals surface area contributed by atoms with Gasteiger partial charge in [-0.05, 0) is 55.0 Å². The molecule has 7 heteroatoms.